The van der Waals surface area contributed by atoms with Crippen LogP contribution < -0.4 is 11.1 Å². The van der Waals surface area contributed by atoms with Crippen LogP contribution in [0.5, 0.6) is 0 Å². The van der Waals surface area contributed by atoms with Crippen molar-refractivity contribution in [1.82, 2.24) is 10.5 Å². The van der Waals surface area contributed by atoms with E-state index in [0.29, 0.717) is 18.2 Å². The number of aromatic nitrogens is 1. The van der Waals surface area contributed by atoms with Crippen molar-refractivity contribution in [3.63, 3.8) is 0 Å². The Balaban J connectivity index is 1.94. The number of nitrogens with zero attached hydrogens (tertiary/aromatic N) is 1. The van der Waals surface area contributed by atoms with Crippen LogP contribution in [-0.4, -0.2) is 23.7 Å². The molecule has 1 aromatic rings. The normalized spacial score (nSPS) is 25.4. The minimum atomic E-state index is -0.172. The summed E-state index contributed by atoms with van der Waals surface area (Å²) in [6, 6.07) is 1.75. The second-order valence-electron chi connectivity index (χ2n) is 3.89. The average Bonchev–Trinajstić information content (AvgIpc) is 2.87. The second-order valence-corrected chi connectivity index (χ2v) is 3.89. The molecule has 1 fully saturated rings. The molecule has 1 aliphatic carbocycles. The molecule has 5 heteroatoms. The first kappa shape index (κ1) is 10.2. The summed E-state index contributed by atoms with van der Waals surface area (Å²) in [4.78, 5) is 11.6. The SMILES string of the molecule is NCC1CCCC1NC(=O)c1ccon1. The zero-order chi connectivity index (χ0) is 10.7. The van der Waals surface area contributed by atoms with Crippen molar-refractivity contribution < 1.29 is 9.32 Å². The molecule has 0 aromatic carbocycles. The Labute approximate surface area is 88.0 Å². The van der Waals surface area contributed by atoms with E-state index in [9.17, 15) is 4.79 Å². The van der Waals surface area contributed by atoms with Crippen LogP contribution in [0.4, 0.5) is 0 Å². The number of carbonyl (C=O) groups is 1. The van der Waals surface area contributed by atoms with Crippen LogP contribution in [0, 0.1) is 5.92 Å². The fraction of sp³-hybridized carbons (Fsp3) is 0.600. The van der Waals surface area contributed by atoms with E-state index in [0.717, 1.165) is 19.3 Å². The summed E-state index contributed by atoms with van der Waals surface area (Å²) in [6.07, 6.45) is 4.63. The molecule has 1 heterocycles. The van der Waals surface area contributed by atoms with E-state index < -0.39 is 0 Å². The lowest BCUT2D eigenvalue weighted by atomic mass is 10.0. The maximum absolute atomic E-state index is 11.6. The van der Waals surface area contributed by atoms with E-state index >= 15 is 0 Å². The molecule has 5 nitrogen and oxygen atoms in total. The molecule has 0 radical (unpaired) electrons. The van der Waals surface area contributed by atoms with Crippen LogP contribution in [0.3, 0.4) is 0 Å². The third kappa shape index (κ3) is 2.18. The van der Waals surface area contributed by atoms with Gasteiger partial charge in [-0.05, 0) is 25.3 Å². The van der Waals surface area contributed by atoms with E-state index in [-0.39, 0.29) is 11.9 Å². The van der Waals surface area contributed by atoms with Crippen molar-refractivity contribution >= 4 is 5.91 Å². The van der Waals surface area contributed by atoms with Crippen LogP contribution >= 0.6 is 0 Å². The lowest BCUT2D eigenvalue weighted by Crippen LogP contribution is -2.39. The number of hydrogen-bond acceptors (Lipinski definition) is 4. The van der Waals surface area contributed by atoms with Gasteiger partial charge in [-0.3, -0.25) is 4.79 Å². The molecule has 0 aliphatic heterocycles. The Morgan fingerprint density at radius 1 is 1.67 bits per heavy atom. The molecule has 0 bridgehead atoms. The molecular weight excluding hydrogens is 194 g/mol. The van der Waals surface area contributed by atoms with Crippen molar-refractivity contribution in [2.45, 2.75) is 25.3 Å². The molecule has 1 saturated carbocycles. The summed E-state index contributed by atoms with van der Waals surface area (Å²) >= 11 is 0. The van der Waals surface area contributed by atoms with Crippen LogP contribution in [0.25, 0.3) is 0 Å². The molecule has 1 aliphatic rings. The fourth-order valence-electron chi connectivity index (χ4n) is 2.08. The standard InChI is InChI=1S/C10H15N3O2/c11-6-7-2-1-3-8(7)12-10(14)9-4-5-15-13-9/h4-5,7-8H,1-3,6,11H2,(H,12,14). The molecule has 1 amide bonds. The van der Waals surface area contributed by atoms with Crippen LogP contribution in [0.2, 0.25) is 0 Å². The van der Waals surface area contributed by atoms with Crippen molar-refractivity contribution in [2.24, 2.45) is 11.7 Å². The van der Waals surface area contributed by atoms with Crippen molar-refractivity contribution in [3.8, 4) is 0 Å². The third-order valence-corrected chi connectivity index (χ3v) is 2.95. The number of nitrogens with two attached hydrogens (primary N) is 1. The van der Waals surface area contributed by atoms with E-state index in [2.05, 4.69) is 15.0 Å². The van der Waals surface area contributed by atoms with Crippen molar-refractivity contribution in [3.05, 3.63) is 18.0 Å². The first-order valence-electron chi connectivity index (χ1n) is 5.22. The maximum atomic E-state index is 11.6. The molecule has 15 heavy (non-hydrogen) atoms. The van der Waals surface area contributed by atoms with Gasteiger partial charge in [0.2, 0.25) is 0 Å². The van der Waals surface area contributed by atoms with E-state index in [4.69, 9.17) is 5.73 Å². The van der Waals surface area contributed by atoms with E-state index in [1.54, 1.807) is 6.07 Å². The molecule has 2 atom stereocenters. The van der Waals surface area contributed by atoms with Gasteiger partial charge in [0.25, 0.3) is 5.91 Å². The quantitative estimate of drug-likeness (QED) is 0.761. The number of hydrogen-bond donors (Lipinski definition) is 2. The Kier molecular flexibility index (Phi) is 3.01. The average molecular weight is 209 g/mol. The fourth-order valence-corrected chi connectivity index (χ4v) is 2.08. The number of rotatable bonds is 3. The third-order valence-electron chi connectivity index (χ3n) is 2.95. The number of carbonyl (C=O) groups excluding carboxylic acids is 1. The zero-order valence-electron chi connectivity index (χ0n) is 8.48. The molecule has 2 rings (SSSR count). The van der Waals surface area contributed by atoms with Crippen LogP contribution in [0.1, 0.15) is 29.8 Å². The van der Waals surface area contributed by atoms with Gasteiger partial charge in [0.1, 0.15) is 6.26 Å². The largest absolute Gasteiger partial charge is 0.364 e. The Bertz CT molecular complexity index is 323. The topological polar surface area (TPSA) is 81.1 Å². The minimum absolute atomic E-state index is 0.172. The zero-order valence-corrected chi connectivity index (χ0v) is 8.48. The van der Waals surface area contributed by atoms with Crippen LogP contribution in [0.15, 0.2) is 16.9 Å². The maximum Gasteiger partial charge on any atom is 0.273 e. The molecule has 1 aromatic heterocycles. The monoisotopic (exact) mass is 209 g/mol. The first-order chi connectivity index (χ1) is 7.31. The predicted molar refractivity (Wildman–Crippen MR) is 54.2 cm³/mol. The van der Waals surface area contributed by atoms with Gasteiger partial charge in [0.05, 0.1) is 0 Å². The predicted octanol–water partition coefficient (Wildman–Crippen LogP) is 0.532. The molecule has 82 valence electrons. The van der Waals surface area contributed by atoms with Gasteiger partial charge in [-0.2, -0.15) is 0 Å². The van der Waals surface area contributed by atoms with E-state index in [1.807, 2.05) is 0 Å². The minimum Gasteiger partial charge on any atom is -0.364 e. The molecular formula is C10H15N3O2. The number of amides is 1. The van der Waals surface area contributed by atoms with E-state index in [1.165, 1.54) is 6.26 Å². The summed E-state index contributed by atoms with van der Waals surface area (Å²) in [5.74, 6) is 0.231. The lowest BCUT2D eigenvalue weighted by molar-refractivity contribution is 0.0919. The highest BCUT2D eigenvalue weighted by Gasteiger charge is 2.28. The second kappa shape index (κ2) is 4.44. The molecule has 0 saturated heterocycles. The Morgan fingerprint density at radius 3 is 3.20 bits per heavy atom. The van der Waals surface area contributed by atoms with Crippen molar-refractivity contribution in [1.29, 1.82) is 0 Å². The van der Waals surface area contributed by atoms with Crippen molar-refractivity contribution in [2.75, 3.05) is 6.54 Å². The van der Waals surface area contributed by atoms with Gasteiger partial charge in [-0.25, -0.2) is 0 Å². The highest BCUT2D eigenvalue weighted by Crippen LogP contribution is 2.24. The summed E-state index contributed by atoms with van der Waals surface area (Å²) < 4.78 is 4.62. The first-order valence-corrected chi connectivity index (χ1v) is 5.22. The van der Waals surface area contributed by atoms with Gasteiger partial charge in [0, 0.05) is 12.1 Å². The highest BCUT2D eigenvalue weighted by atomic mass is 16.5. The van der Waals surface area contributed by atoms with Gasteiger partial charge in [-0.1, -0.05) is 11.6 Å². The van der Waals surface area contributed by atoms with Gasteiger partial charge >= 0.3 is 0 Å². The highest BCUT2D eigenvalue weighted by molar-refractivity contribution is 5.92. The summed E-state index contributed by atoms with van der Waals surface area (Å²) in [5, 5.41) is 6.53. The summed E-state index contributed by atoms with van der Waals surface area (Å²) in [6.45, 7) is 0.629. The summed E-state index contributed by atoms with van der Waals surface area (Å²) in [7, 11) is 0. The molecule has 0 spiro atoms. The molecule has 2 unspecified atom stereocenters. The Hall–Kier alpha value is -1.36. The van der Waals surface area contributed by atoms with Gasteiger partial charge < -0.3 is 15.6 Å². The smallest absolute Gasteiger partial charge is 0.273 e. The number of nitrogens with one attached hydrogen (secondary N) is 1. The van der Waals surface area contributed by atoms with Gasteiger partial charge in [-0.15, -0.1) is 0 Å². The van der Waals surface area contributed by atoms with Gasteiger partial charge in [0.15, 0.2) is 5.69 Å². The summed E-state index contributed by atoms with van der Waals surface area (Å²) in [5.41, 5.74) is 5.96. The van der Waals surface area contributed by atoms with Crippen LogP contribution in [-0.2, 0) is 0 Å². The Morgan fingerprint density at radius 2 is 2.53 bits per heavy atom. The lowest BCUT2D eigenvalue weighted by Gasteiger charge is -2.18. The molecule has 3 N–H and O–H groups in total.